The number of hydrogen-bond acceptors (Lipinski definition) is 0. The fourth-order valence-corrected chi connectivity index (χ4v) is 0.714. The van der Waals surface area contributed by atoms with Crippen molar-refractivity contribution in [2.24, 2.45) is 0 Å². The van der Waals surface area contributed by atoms with E-state index < -0.39 is 0 Å². The standard InChI is InChI=1S/C8H10.2BrH.Zn/c1-2-8-6-4-3-5-7-8;;;/h3-7H,2H2,1H3;2*1H;/q;;;+2/p-2. The molecule has 11 heavy (non-hydrogen) atoms. The van der Waals surface area contributed by atoms with E-state index in [4.69, 9.17) is 0 Å². The van der Waals surface area contributed by atoms with Crippen LogP contribution in [0, 0.1) is 0 Å². The zero-order valence-electron chi connectivity index (χ0n) is 6.56. The van der Waals surface area contributed by atoms with Crippen LogP contribution < -0.4 is 0 Å². The minimum atomic E-state index is -0.250. The van der Waals surface area contributed by atoms with E-state index in [0.29, 0.717) is 0 Å². The maximum absolute atomic E-state index is 3.25. The second-order valence-corrected chi connectivity index (χ2v) is 16.0. The molecule has 1 aromatic rings. The number of hydrogen-bond donors (Lipinski definition) is 0. The summed E-state index contributed by atoms with van der Waals surface area (Å²) in [6, 6.07) is 10.5. The molecule has 1 rings (SSSR count). The number of benzene rings is 1. The van der Waals surface area contributed by atoms with Gasteiger partial charge in [0.1, 0.15) is 0 Å². The molecule has 0 bridgehead atoms. The van der Waals surface area contributed by atoms with Crippen molar-refractivity contribution in [3.05, 3.63) is 35.9 Å². The van der Waals surface area contributed by atoms with Gasteiger partial charge < -0.3 is 0 Å². The van der Waals surface area contributed by atoms with Crippen LogP contribution in [0.15, 0.2) is 30.3 Å². The van der Waals surface area contributed by atoms with E-state index in [1.807, 2.05) is 6.07 Å². The van der Waals surface area contributed by atoms with Crippen LogP contribution in [0.4, 0.5) is 0 Å². The molecule has 0 aliphatic rings. The molecule has 0 nitrogen and oxygen atoms in total. The molecule has 1 aromatic carbocycles. The maximum atomic E-state index is 3.25. The van der Waals surface area contributed by atoms with Crippen molar-refractivity contribution in [2.45, 2.75) is 13.3 Å². The summed E-state index contributed by atoms with van der Waals surface area (Å²) in [4.78, 5) is 0. The molecule has 0 aliphatic heterocycles. The fraction of sp³-hybridized carbons (Fsp3) is 0.250. The number of rotatable bonds is 1. The molecule has 0 heterocycles. The van der Waals surface area contributed by atoms with Gasteiger partial charge in [-0.05, 0) is 12.0 Å². The number of aryl methyl sites for hydroxylation is 1. The van der Waals surface area contributed by atoms with Gasteiger partial charge >= 0.3 is 40.5 Å². The predicted octanol–water partition coefficient (Wildman–Crippen LogP) is 3.94. The van der Waals surface area contributed by atoms with Gasteiger partial charge in [0, 0.05) is 0 Å². The molecule has 0 saturated heterocycles. The molecule has 0 atom stereocenters. The van der Waals surface area contributed by atoms with Crippen LogP contribution in [-0.4, -0.2) is 0 Å². The van der Waals surface area contributed by atoms with Crippen LogP contribution in [0.2, 0.25) is 0 Å². The van der Waals surface area contributed by atoms with Gasteiger partial charge in [-0.3, -0.25) is 0 Å². The summed E-state index contributed by atoms with van der Waals surface area (Å²) in [7, 11) is 0. The Morgan fingerprint density at radius 1 is 1.18 bits per heavy atom. The predicted molar refractivity (Wildman–Crippen MR) is 53.7 cm³/mol. The Bertz CT molecular complexity index is 165. The summed E-state index contributed by atoms with van der Waals surface area (Å²) in [6.45, 7) is 2.16. The van der Waals surface area contributed by atoms with Crippen molar-refractivity contribution >= 4 is 27.2 Å². The van der Waals surface area contributed by atoms with Crippen LogP contribution in [0.25, 0.3) is 0 Å². The molecular formula is C8H10Br2Zn. The third-order valence-corrected chi connectivity index (χ3v) is 1.25. The Morgan fingerprint density at radius 3 is 1.91 bits per heavy atom. The molecule has 0 radical (unpaired) electrons. The van der Waals surface area contributed by atoms with Crippen molar-refractivity contribution < 1.29 is 13.2 Å². The van der Waals surface area contributed by atoms with Crippen LogP contribution >= 0.6 is 27.2 Å². The first-order valence-corrected chi connectivity index (χ1v) is 17.4. The topological polar surface area (TPSA) is 0 Å². The molecular weight excluding hydrogens is 321 g/mol. The summed E-state index contributed by atoms with van der Waals surface area (Å²) in [5.74, 6) is 0. The average molecular weight is 331 g/mol. The van der Waals surface area contributed by atoms with Crippen molar-refractivity contribution in [1.29, 1.82) is 0 Å². The Balaban J connectivity index is 0.000000292. The molecule has 3 heteroatoms. The zero-order chi connectivity index (χ0) is 8.53. The Labute approximate surface area is 89.1 Å². The first-order chi connectivity index (χ1) is 5.35. The van der Waals surface area contributed by atoms with Crippen LogP contribution in [-0.2, 0) is 19.6 Å². The van der Waals surface area contributed by atoms with Crippen LogP contribution in [0.1, 0.15) is 12.5 Å². The first kappa shape index (κ1) is 11.8. The molecule has 0 aromatic heterocycles. The van der Waals surface area contributed by atoms with E-state index in [1.54, 1.807) is 0 Å². The Hall–Kier alpha value is 0.803. The molecule has 0 saturated carbocycles. The Kier molecular flexibility index (Phi) is 9.55. The van der Waals surface area contributed by atoms with Crippen LogP contribution in [0.5, 0.6) is 0 Å². The molecule has 0 N–H and O–H groups in total. The van der Waals surface area contributed by atoms with E-state index in [9.17, 15) is 0 Å². The van der Waals surface area contributed by atoms with E-state index >= 15 is 0 Å². The van der Waals surface area contributed by atoms with E-state index in [1.165, 1.54) is 5.56 Å². The molecule has 0 amide bonds. The van der Waals surface area contributed by atoms with E-state index in [2.05, 4.69) is 58.4 Å². The quantitative estimate of drug-likeness (QED) is 0.684. The Morgan fingerprint density at radius 2 is 1.64 bits per heavy atom. The first-order valence-electron chi connectivity index (χ1n) is 3.51. The molecule has 0 fully saturated rings. The summed E-state index contributed by atoms with van der Waals surface area (Å²) in [6.07, 6.45) is 1.14. The molecule has 0 spiro atoms. The second kappa shape index (κ2) is 8.90. The fourth-order valence-electron chi connectivity index (χ4n) is 0.714. The van der Waals surface area contributed by atoms with Gasteiger partial charge in [0.05, 0.1) is 0 Å². The normalized spacial score (nSPS) is 7.55. The summed E-state index contributed by atoms with van der Waals surface area (Å²) < 4.78 is 0. The summed E-state index contributed by atoms with van der Waals surface area (Å²) >= 11 is 6.25. The van der Waals surface area contributed by atoms with Crippen molar-refractivity contribution in [3.8, 4) is 0 Å². The van der Waals surface area contributed by atoms with Gasteiger partial charge in [0.25, 0.3) is 0 Å². The summed E-state index contributed by atoms with van der Waals surface area (Å²) in [5, 5.41) is 0. The van der Waals surface area contributed by atoms with Gasteiger partial charge in [0.2, 0.25) is 0 Å². The second-order valence-electron chi connectivity index (χ2n) is 1.94. The van der Waals surface area contributed by atoms with Gasteiger partial charge in [-0.1, -0.05) is 37.3 Å². The van der Waals surface area contributed by atoms with Gasteiger partial charge in [-0.2, -0.15) is 0 Å². The van der Waals surface area contributed by atoms with Crippen molar-refractivity contribution in [2.75, 3.05) is 0 Å². The minimum absolute atomic E-state index is 0.250. The van der Waals surface area contributed by atoms with E-state index in [-0.39, 0.29) is 13.2 Å². The van der Waals surface area contributed by atoms with Gasteiger partial charge in [0.15, 0.2) is 0 Å². The monoisotopic (exact) mass is 328 g/mol. The zero-order valence-corrected chi connectivity index (χ0v) is 12.7. The molecule has 0 unspecified atom stereocenters. The van der Waals surface area contributed by atoms with Gasteiger partial charge in [-0.25, -0.2) is 0 Å². The third kappa shape index (κ3) is 7.17. The SMILES string of the molecule is CCc1ccccc1.[Br][Zn][Br]. The average Bonchev–Trinajstić information content (AvgIpc) is 2.08. The molecule has 58 valence electrons. The van der Waals surface area contributed by atoms with Crippen molar-refractivity contribution in [1.82, 2.24) is 0 Å². The van der Waals surface area contributed by atoms with Gasteiger partial charge in [-0.15, -0.1) is 0 Å². The number of halogens is 2. The van der Waals surface area contributed by atoms with E-state index in [0.717, 1.165) is 6.42 Å². The molecule has 0 aliphatic carbocycles. The summed E-state index contributed by atoms with van der Waals surface area (Å²) in [5.41, 5.74) is 1.41. The van der Waals surface area contributed by atoms with Crippen molar-refractivity contribution in [3.63, 3.8) is 0 Å². The third-order valence-electron chi connectivity index (χ3n) is 1.25. The van der Waals surface area contributed by atoms with Crippen LogP contribution in [0.3, 0.4) is 0 Å².